The summed E-state index contributed by atoms with van der Waals surface area (Å²) in [6.07, 6.45) is 1.54. The Morgan fingerprint density at radius 2 is 1.80 bits per heavy atom. The predicted molar refractivity (Wildman–Crippen MR) is 137 cm³/mol. The van der Waals surface area contributed by atoms with Gasteiger partial charge in [0.2, 0.25) is 0 Å². The summed E-state index contributed by atoms with van der Waals surface area (Å²) in [5.74, 6) is -1.89. The number of carboxylic acid groups (broad SMARTS) is 1. The summed E-state index contributed by atoms with van der Waals surface area (Å²) in [4.78, 5) is 38.2. The highest BCUT2D eigenvalue weighted by atomic mass is 35.5. The summed E-state index contributed by atoms with van der Waals surface area (Å²) in [7, 11) is 0. The Bertz CT molecular complexity index is 1250. The van der Waals surface area contributed by atoms with Crippen molar-refractivity contribution >= 4 is 51.7 Å². The van der Waals surface area contributed by atoms with Gasteiger partial charge in [-0.2, -0.15) is 0 Å². The number of carbonyl (C=O) groups excluding carboxylic acids is 2. The molecule has 0 aromatic heterocycles. The molecule has 0 radical (unpaired) electrons. The van der Waals surface area contributed by atoms with Crippen LogP contribution in [0.4, 0.5) is 16.2 Å². The lowest BCUT2D eigenvalue weighted by Crippen LogP contribution is -2.50. The number of fused-ring (bicyclic) bond motifs is 1. The second-order valence-electron chi connectivity index (χ2n) is 8.65. The van der Waals surface area contributed by atoms with Crippen molar-refractivity contribution in [2.45, 2.75) is 25.8 Å². The molecular weight excluding hydrogens is 468 g/mol. The average Bonchev–Trinajstić information content (AvgIpc) is 2.84. The summed E-state index contributed by atoms with van der Waals surface area (Å²) in [6.45, 7) is 3.16. The zero-order chi connectivity index (χ0) is 24.9. The van der Waals surface area contributed by atoms with Crippen LogP contribution in [-0.4, -0.2) is 42.1 Å². The number of nitrogens with one attached hydrogen (secondary N) is 4. The summed E-state index contributed by atoms with van der Waals surface area (Å²) in [5.41, 5.74) is 1.68. The van der Waals surface area contributed by atoms with Gasteiger partial charge >= 0.3 is 12.0 Å². The molecule has 182 valence electrons. The van der Waals surface area contributed by atoms with Gasteiger partial charge in [-0.3, -0.25) is 4.79 Å². The quantitative estimate of drug-likeness (QED) is 0.342. The summed E-state index contributed by atoms with van der Waals surface area (Å²) >= 11 is 6.23. The number of carboxylic acids is 1. The van der Waals surface area contributed by atoms with Crippen LogP contribution in [0.15, 0.2) is 54.6 Å². The number of benzene rings is 3. The molecule has 1 fully saturated rings. The third-order valence-corrected chi connectivity index (χ3v) is 6.51. The molecule has 3 amide bonds. The molecule has 1 aliphatic rings. The molecule has 5 N–H and O–H groups in total. The Morgan fingerprint density at radius 3 is 2.46 bits per heavy atom. The fourth-order valence-electron chi connectivity index (χ4n) is 4.35. The predicted octanol–water partition coefficient (Wildman–Crippen LogP) is 4.63. The van der Waals surface area contributed by atoms with Gasteiger partial charge in [-0.1, -0.05) is 48.0 Å². The summed E-state index contributed by atoms with van der Waals surface area (Å²) in [5, 5.41) is 23.1. The number of urea groups is 1. The van der Waals surface area contributed by atoms with Crippen LogP contribution < -0.4 is 21.3 Å². The van der Waals surface area contributed by atoms with E-state index < -0.39 is 23.9 Å². The van der Waals surface area contributed by atoms with Crippen molar-refractivity contribution in [3.8, 4) is 0 Å². The number of hydrogen-bond acceptors (Lipinski definition) is 4. The third kappa shape index (κ3) is 5.72. The third-order valence-electron chi connectivity index (χ3n) is 6.20. The molecule has 35 heavy (non-hydrogen) atoms. The first kappa shape index (κ1) is 24.5. The van der Waals surface area contributed by atoms with E-state index in [0.717, 1.165) is 29.3 Å². The minimum Gasteiger partial charge on any atom is -0.480 e. The molecule has 4 rings (SSSR count). The van der Waals surface area contributed by atoms with Gasteiger partial charge in [-0.15, -0.1) is 0 Å². The maximum atomic E-state index is 13.3. The van der Waals surface area contributed by atoms with E-state index in [4.69, 9.17) is 11.6 Å². The molecule has 9 heteroatoms. The van der Waals surface area contributed by atoms with Crippen molar-refractivity contribution in [3.05, 3.63) is 70.7 Å². The first-order valence-electron chi connectivity index (χ1n) is 11.4. The Balaban J connectivity index is 1.63. The Kier molecular flexibility index (Phi) is 7.53. The molecular formula is C26H27ClN4O4. The molecule has 3 aromatic rings. The zero-order valence-corrected chi connectivity index (χ0v) is 20.0. The summed E-state index contributed by atoms with van der Waals surface area (Å²) in [6, 6.07) is 14.4. The van der Waals surface area contributed by atoms with Crippen molar-refractivity contribution < 1.29 is 19.5 Å². The number of hydrogen-bond donors (Lipinski definition) is 5. The number of aliphatic carboxylic acids is 1. The SMILES string of the molecule is Cc1cccc(Cl)c1NC(=O)Nc1cc2ccccc2cc1C(=O)NC(C(=O)O)C1CCCNC1. The molecule has 1 saturated heterocycles. The maximum absolute atomic E-state index is 13.3. The van der Waals surface area contributed by atoms with E-state index in [-0.39, 0.29) is 17.2 Å². The van der Waals surface area contributed by atoms with Crippen LogP contribution in [0.5, 0.6) is 0 Å². The topological polar surface area (TPSA) is 120 Å². The number of piperidine rings is 1. The minimum atomic E-state index is -1.09. The lowest BCUT2D eigenvalue weighted by atomic mass is 9.91. The fourth-order valence-corrected chi connectivity index (χ4v) is 4.62. The van der Waals surface area contributed by atoms with Crippen molar-refractivity contribution in [2.24, 2.45) is 5.92 Å². The Labute approximate surface area is 208 Å². The highest BCUT2D eigenvalue weighted by Crippen LogP contribution is 2.28. The van der Waals surface area contributed by atoms with Crippen molar-refractivity contribution in [3.63, 3.8) is 0 Å². The first-order chi connectivity index (χ1) is 16.8. The van der Waals surface area contributed by atoms with Crippen LogP contribution in [0.2, 0.25) is 5.02 Å². The number of rotatable bonds is 6. The lowest BCUT2D eigenvalue weighted by Gasteiger charge is -2.29. The van der Waals surface area contributed by atoms with Gasteiger partial charge in [0.05, 0.1) is 22.0 Å². The first-order valence-corrected chi connectivity index (χ1v) is 11.8. The highest BCUT2D eigenvalue weighted by Gasteiger charge is 2.31. The Morgan fingerprint density at radius 1 is 1.06 bits per heavy atom. The smallest absolute Gasteiger partial charge is 0.326 e. The van der Waals surface area contributed by atoms with Crippen LogP contribution in [-0.2, 0) is 4.79 Å². The molecule has 3 aromatic carbocycles. The standard InChI is InChI=1S/C26H27ClN4O4/c1-15-6-4-10-20(27)22(15)31-26(35)29-21-13-17-8-3-2-7-16(17)12-19(21)24(32)30-23(25(33)34)18-9-5-11-28-14-18/h2-4,6-8,10,12-13,18,23,28H,5,9,11,14H2,1H3,(H,30,32)(H,33,34)(H2,29,31,35). The van der Waals surface area contributed by atoms with E-state index >= 15 is 0 Å². The van der Waals surface area contributed by atoms with Crippen LogP contribution in [0.25, 0.3) is 10.8 Å². The van der Waals surface area contributed by atoms with Crippen molar-refractivity contribution in [1.29, 1.82) is 0 Å². The average molecular weight is 495 g/mol. The van der Waals surface area contributed by atoms with Crippen molar-refractivity contribution in [2.75, 3.05) is 23.7 Å². The number of carbonyl (C=O) groups is 3. The molecule has 1 heterocycles. The fraction of sp³-hybridized carbons (Fsp3) is 0.269. The minimum absolute atomic E-state index is 0.171. The largest absolute Gasteiger partial charge is 0.480 e. The Hall–Kier alpha value is -3.62. The molecule has 8 nitrogen and oxygen atoms in total. The van der Waals surface area contributed by atoms with Crippen LogP contribution in [0.3, 0.4) is 0 Å². The van der Waals surface area contributed by atoms with Gasteiger partial charge in [-0.25, -0.2) is 9.59 Å². The number of amides is 3. The van der Waals surface area contributed by atoms with Crippen LogP contribution >= 0.6 is 11.6 Å². The second kappa shape index (κ2) is 10.8. The van der Waals surface area contributed by atoms with Crippen LogP contribution in [0.1, 0.15) is 28.8 Å². The van der Waals surface area contributed by atoms with Gasteiger partial charge in [0.1, 0.15) is 6.04 Å². The van der Waals surface area contributed by atoms with Gasteiger partial charge in [0, 0.05) is 12.5 Å². The monoisotopic (exact) mass is 494 g/mol. The highest BCUT2D eigenvalue weighted by molar-refractivity contribution is 6.34. The van der Waals surface area contributed by atoms with E-state index in [0.29, 0.717) is 23.7 Å². The molecule has 1 aliphatic heterocycles. The number of aryl methyl sites for hydroxylation is 1. The van der Waals surface area contributed by atoms with E-state index in [2.05, 4.69) is 21.3 Å². The van der Waals surface area contributed by atoms with Gasteiger partial charge < -0.3 is 26.4 Å². The number of anilines is 2. The second-order valence-corrected chi connectivity index (χ2v) is 9.06. The molecule has 0 saturated carbocycles. The molecule has 0 spiro atoms. The normalized spacial score (nSPS) is 16.3. The summed E-state index contributed by atoms with van der Waals surface area (Å²) < 4.78 is 0. The molecule has 0 aliphatic carbocycles. The van der Waals surface area contributed by atoms with E-state index in [1.807, 2.05) is 37.3 Å². The van der Waals surface area contributed by atoms with E-state index in [1.165, 1.54) is 0 Å². The van der Waals surface area contributed by atoms with E-state index in [9.17, 15) is 19.5 Å². The zero-order valence-electron chi connectivity index (χ0n) is 19.2. The molecule has 0 bridgehead atoms. The maximum Gasteiger partial charge on any atom is 0.326 e. The van der Waals surface area contributed by atoms with Gasteiger partial charge in [-0.05, 0) is 60.8 Å². The van der Waals surface area contributed by atoms with Crippen LogP contribution in [0, 0.1) is 12.8 Å². The van der Waals surface area contributed by atoms with E-state index in [1.54, 1.807) is 24.3 Å². The molecule has 2 atom stereocenters. The molecule has 2 unspecified atom stereocenters. The number of para-hydroxylation sites is 1. The van der Waals surface area contributed by atoms with Gasteiger partial charge in [0.25, 0.3) is 5.91 Å². The lowest BCUT2D eigenvalue weighted by molar-refractivity contribution is -0.140. The number of halogens is 1. The van der Waals surface area contributed by atoms with Gasteiger partial charge in [0.15, 0.2) is 0 Å². The van der Waals surface area contributed by atoms with Crippen molar-refractivity contribution in [1.82, 2.24) is 10.6 Å².